The molecule has 0 unspecified atom stereocenters. The molecule has 1 heterocycles. The van der Waals surface area contributed by atoms with Crippen molar-refractivity contribution >= 4 is 5.91 Å². The first kappa shape index (κ1) is 11.3. The molecule has 0 atom stereocenters. The molecule has 1 N–H and O–H groups in total. The van der Waals surface area contributed by atoms with Crippen LogP contribution in [0, 0.1) is 5.82 Å². The first-order valence-electron chi connectivity index (χ1n) is 5.14. The van der Waals surface area contributed by atoms with E-state index in [1.165, 1.54) is 18.4 Å². The fourth-order valence-electron chi connectivity index (χ4n) is 1.36. The molecule has 1 amide bonds. The second kappa shape index (κ2) is 5.25. The summed E-state index contributed by atoms with van der Waals surface area (Å²) < 4.78 is 17.3. The van der Waals surface area contributed by atoms with Gasteiger partial charge >= 0.3 is 0 Å². The van der Waals surface area contributed by atoms with Gasteiger partial charge in [0, 0.05) is 12.6 Å². The largest absolute Gasteiger partial charge is 0.364 e. The van der Waals surface area contributed by atoms with Crippen LogP contribution in [0.25, 0.3) is 0 Å². The molecule has 0 spiro atoms. The molecule has 1 aromatic heterocycles. The second-order valence-electron chi connectivity index (χ2n) is 3.57. The van der Waals surface area contributed by atoms with E-state index in [4.69, 9.17) is 0 Å². The first-order valence-corrected chi connectivity index (χ1v) is 5.14. The number of nitrogens with zero attached hydrogens (tertiary/aromatic N) is 1. The summed E-state index contributed by atoms with van der Waals surface area (Å²) in [5, 5.41) is 6.35. The normalized spacial score (nSPS) is 10.2. The van der Waals surface area contributed by atoms with Gasteiger partial charge < -0.3 is 9.84 Å². The van der Waals surface area contributed by atoms with Crippen LogP contribution in [0.15, 0.2) is 41.1 Å². The summed E-state index contributed by atoms with van der Waals surface area (Å²) in [7, 11) is 0. The van der Waals surface area contributed by atoms with Gasteiger partial charge in [0.15, 0.2) is 0 Å². The van der Waals surface area contributed by atoms with Gasteiger partial charge in [-0.15, -0.1) is 0 Å². The zero-order valence-corrected chi connectivity index (χ0v) is 9.02. The van der Waals surface area contributed by atoms with Crippen molar-refractivity contribution in [1.29, 1.82) is 0 Å². The Labute approximate surface area is 97.4 Å². The van der Waals surface area contributed by atoms with Crippen LogP contribution < -0.4 is 5.32 Å². The van der Waals surface area contributed by atoms with E-state index in [9.17, 15) is 9.18 Å². The minimum Gasteiger partial charge on any atom is -0.364 e. The Morgan fingerprint density at radius 1 is 1.29 bits per heavy atom. The maximum atomic E-state index is 12.6. The summed E-state index contributed by atoms with van der Waals surface area (Å²) in [6.45, 7) is 0.372. The molecule has 5 heteroatoms. The Morgan fingerprint density at radius 3 is 2.71 bits per heavy atom. The minimum absolute atomic E-state index is 0.150. The van der Waals surface area contributed by atoms with E-state index in [0.29, 0.717) is 12.2 Å². The van der Waals surface area contributed by atoms with Crippen LogP contribution in [-0.2, 0) is 17.8 Å². The number of nitrogens with one attached hydrogen (secondary N) is 1. The topological polar surface area (TPSA) is 55.1 Å². The maximum Gasteiger partial charge on any atom is 0.226 e. The van der Waals surface area contributed by atoms with Crippen molar-refractivity contribution in [1.82, 2.24) is 10.5 Å². The number of carbonyl (C=O) groups excluding carboxylic acids is 1. The Kier molecular flexibility index (Phi) is 3.49. The van der Waals surface area contributed by atoms with E-state index in [1.54, 1.807) is 18.2 Å². The Bertz CT molecular complexity index is 480. The van der Waals surface area contributed by atoms with Gasteiger partial charge in [-0.3, -0.25) is 4.79 Å². The van der Waals surface area contributed by atoms with Crippen LogP contribution in [0.1, 0.15) is 11.3 Å². The molecule has 0 radical (unpaired) electrons. The highest BCUT2D eigenvalue weighted by Gasteiger charge is 2.05. The van der Waals surface area contributed by atoms with Crippen molar-refractivity contribution in [2.45, 2.75) is 13.0 Å². The number of benzene rings is 1. The van der Waals surface area contributed by atoms with Gasteiger partial charge in [-0.1, -0.05) is 17.3 Å². The summed E-state index contributed by atoms with van der Waals surface area (Å²) in [6, 6.07) is 7.62. The second-order valence-corrected chi connectivity index (χ2v) is 3.57. The molecular formula is C12H11FN2O2. The average Bonchev–Trinajstić information content (AvgIpc) is 2.81. The van der Waals surface area contributed by atoms with Crippen LogP contribution in [-0.4, -0.2) is 11.1 Å². The average molecular weight is 234 g/mol. The van der Waals surface area contributed by atoms with Gasteiger partial charge in [-0.25, -0.2) is 4.39 Å². The number of amides is 1. The lowest BCUT2D eigenvalue weighted by atomic mass is 10.2. The highest BCUT2D eigenvalue weighted by atomic mass is 19.1. The van der Waals surface area contributed by atoms with Crippen LogP contribution >= 0.6 is 0 Å². The third kappa shape index (κ3) is 3.41. The molecule has 2 aromatic rings. The monoisotopic (exact) mass is 234 g/mol. The van der Waals surface area contributed by atoms with Crippen LogP contribution in [0.4, 0.5) is 4.39 Å². The summed E-state index contributed by atoms with van der Waals surface area (Å²) in [5.41, 5.74) is 1.43. The van der Waals surface area contributed by atoms with Gasteiger partial charge in [0.25, 0.3) is 0 Å². The van der Waals surface area contributed by atoms with Crippen LogP contribution in [0.5, 0.6) is 0 Å². The lowest BCUT2D eigenvalue weighted by Crippen LogP contribution is -2.24. The molecule has 1 aromatic carbocycles. The Morgan fingerprint density at radius 2 is 2.06 bits per heavy atom. The van der Waals surface area contributed by atoms with Crippen LogP contribution in [0.3, 0.4) is 0 Å². The summed E-state index contributed by atoms with van der Waals surface area (Å²) in [4.78, 5) is 11.5. The molecule has 0 saturated heterocycles. The quantitative estimate of drug-likeness (QED) is 0.875. The summed E-state index contributed by atoms with van der Waals surface area (Å²) >= 11 is 0. The number of hydrogen-bond donors (Lipinski definition) is 1. The van der Waals surface area contributed by atoms with Gasteiger partial charge in [0.05, 0.1) is 12.1 Å². The van der Waals surface area contributed by atoms with E-state index < -0.39 is 0 Å². The van der Waals surface area contributed by atoms with E-state index in [1.807, 2.05) is 0 Å². The highest BCUT2D eigenvalue weighted by Crippen LogP contribution is 2.02. The fourth-order valence-corrected chi connectivity index (χ4v) is 1.36. The number of halogens is 1. The number of carbonyl (C=O) groups is 1. The molecule has 0 saturated carbocycles. The molecule has 0 fully saturated rings. The Hall–Kier alpha value is -2.17. The third-order valence-corrected chi connectivity index (χ3v) is 2.24. The van der Waals surface area contributed by atoms with Crippen molar-refractivity contribution in [3.8, 4) is 0 Å². The molecule has 0 aliphatic heterocycles. The lowest BCUT2D eigenvalue weighted by Gasteiger charge is -2.03. The molecule has 4 nitrogen and oxygen atoms in total. The third-order valence-electron chi connectivity index (χ3n) is 2.24. The SMILES string of the molecule is O=C(Cc1ccon1)NCc1ccc(F)cc1. The van der Waals surface area contributed by atoms with Gasteiger partial charge in [-0.05, 0) is 17.7 Å². The molecule has 17 heavy (non-hydrogen) atoms. The minimum atomic E-state index is -0.289. The molecule has 0 aliphatic rings. The zero-order chi connectivity index (χ0) is 12.1. The van der Waals surface area contributed by atoms with Crippen molar-refractivity contribution in [3.63, 3.8) is 0 Å². The standard InChI is InChI=1S/C12H11FN2O2/c13-10-3-1-9(2-4-10)8-14-12(16)7-11-5-6-17-15-11/h1-6H,7-8H2,(H,14,16). The zero-order valence-electron chi connectivity index (χ0n) is 9.02. The molecule has 2 rings (SSSR count). The smallest absolute Gasteiger partial charge is 0.226 e. The maximum absolute atomic E-state index is 12.6. The van der Waals surface area contributed by atoms with Gasteiger partial charge in [-0.2, -0.15) is 0 Å². The van der Waals surface area contributed by atoms with Crippen LogP contribution in [0.2, 0.25) is 0 Å². The molecule has 0 aliphatic carbocycles. The lowest BCUT2D eigenvalue weighted by molar-refractivity contribution is -0.120. The number of hydrogen-bond acceptors (Lipinski definition) is 3. The number of rotatable bonds is 4. The van der Waals surface area contributed by atoms with Gasteiger partial charge in [0.2, 0.25) is 5.91 Å². The van der Waals surface area contributed by atoms with Crippen molar-refractivity contribution < 1.29 is 13.7 Å². The van der Waals surface area contributed by atoms with Crippen molar-refractivity contribution in [2.75, 3.05) is 0 Å². The van der Waals surface area contributed by atoms with Crippen molar-refractivity contribution in [2.24, 2.45) is 0 Å². The predicted molar refractivity (Wildman–Crippen MR) is 58.5 cm³/mol. The van der Waals surface area contributed by atoms with Crippen molar-refractivity contribution in [3.05, 3.63) is 53.7 Å². The predicted octanol–water partition coefficient (Wildman–Crippen LogP) is 1.67. The van der Waals surface area contributed by atoms with E-state index >= 15 is 0 Å². The Balaban J connectivity index is 1.82. The van der Waals surface area contributed by atoms with E-state index in [-0.39, 0.29) is 18.1 Å². The van der Waals surface area contributed by atoms with E-state index in [0.717, 1.165) is 5.56 Å². The summed E-state index contributed by atoms with van der Waals surface area (Å²) in [6.07, 6.45) is 1.60. The van der Waals surface area contributed by atoms with E-state index in [2.05, 4.69) is 15.0 Å². The fraction of sp³-hybridized carbons (Fsp3) is 0.167. The molecular weight excluding hydrogens is 223 g/mol. The number of aromatic nitrogens is 1. The van der Waals surface area contributed by atoms with Gasteiger partial charge in [0.1, 0.15) is 12.1 Å². The highest BCUT2D eigenvalue weighted by molar-refractivity contribution is 5.77. The summed E-state index contributed by atoms with van der Waals surface area (Å²) in [5.74, 6) is -0.439. The molecule has 0 bridgehead atoms. The first-order chi connectivity index (χ1) is 8.24. The molecule has 88 valence electrons.